The first kappa shape index (κ1) is 23.0. The Hall–Kier alpha value is -3.20. The van der Waals surface area contributed by atoms with E-state index >= 15 is 0 Å². The Balaban J connectivity index is 1.34. The van der Waals surface area contributed by atoms with E-state index in [2.05, 4.69) is 4.40 Å². The molecule has 1 fully saturated rings. The summed E-state index contributed by atoms with van der Waals surface area (Å²) in [4.78, 5) is 27.4. The highest BCUT2D eigenvalue weighted by molar-refractivity contribution is 7.90. The minimum Gasteiger partial charge on any atom is -0.494 e. The Kier molecular flexibility index (Phi) is 6.51. The highest BCUT2D eigenvalue weighted by Crippen LogP contribution is 2.30. The molecule has 2 aromatic rings. The number of fused-ring (bicyclic) bond motifs is 1. The first-order chi connectivity index (χ1) is 15.8. The molecule has 0 aliphatic carbocycles. The minimum atomic E-state index is -3.68. The van der Waals surface area contributed by atoms with Gasteiger partial charge in [-0.05, 0) is 63.1 Å². The first-order valence-electron chi connectivity index (χ1n) is 11.0. The molecule has 33 heavy (non-hydrogen) atoms. The van der Waals surface area contributed by atoms with Crippen molar-refractivity contribution in [3.63, 3.8) is 0 Å². The second kappa shape index (κ2) is 9.35. The van der Waals surface area contributed by atoms with Crippen LogP contribution in [0.15, 0.2) is 57.8 Å². The molecule has 0 N–H and O–H groups in total. The number of ketones is 1. The van der Waals surface area contributed by atoms with E-state index in [1.165, 1.54) is 0 Å². The molecule has 4 rings (SSSR count). The van der Waals surface area contributed by atoms with Crippen LogP contribution in [-0.4, -0.2) is 56.7 Å². The number of carbonyl (C=O) groups excluding carboxylic acids is 2. The van der Waals surface area contributed by atoms with Crippen molar-refractivity contribution >= 4 is 27.6 Å². The van der Waals surface area contributed by atoms with Gasteiger partial charge in [-0.2, -0.15) is 8.42 Å². The van der Waals surface area contributed by atoms with E-state index in [9.17, 15) is 18.0 Å². The molecule has 0 radical (unpaired) electrons. The standard InChI is InChI=1S/C24H26N2O6S/c1-3-31-19-10-8-17(9-11-19)22(27)16(2)32-24(28)18-12-14-26(15-13-18)23-20-6-4-5-7-21(20)33(29,30)25-23/h4-11,16,18H,3,12-15H2,1-2H3/t16-/m0/s1. The number of piperidine rings is 1. The molecule has 0 bridgehead atoms. The average molecular weight is 471 g/mol. The molecule has 0 unspecified atom stereocenters. The quantitative estimate of drug-likeness (QED) is 0.472. The van der Waals surface area contributed by atoms with Gasteiger partial charge in [0.15, 0.2) is 11.9 Å². The van der Waals surface area contributed by atoms with E-state index < -0.39 is 22.1 Å². The number of rotatable bonds is 6. The van der Waals surface area contributed by atoms with Gasteiger partial charge in [0.1, 0.15) is 10.6 Å². The largest absolute Gasteiger partial charge is 0.494 e. The molecule has 1 atom stereocenters. The van der Waals surface area contributed by atoms with Crippen LogP contribution in [-0.2, 0) is 19.6 Å². The Morgan fingerprint density at radius 2 is 1.76 bits per heavy atom. The van der Waals surface area contributed by atoms with Gasteiger partial charge in [0.25, 0.3) is 10.0 Å². The number of ether oxygens (including phenoxy) is 2. The summed E-state index contributed by atoms with van der Waals surface area (Å²) in [5.74, 6) is 0.0590. The smallest absolute Gasteiger partial charge is 0.309 e. The first-order valence-corrected chi connectivity index (χ1v) is 12.4. The molecule has 2 aromatic carbocycles. The summed E-state index contributed by atoms with van der Waals surface area (Å²) in [5.41, 5.74) is 1.04. The maximum Gasteiger partial charge on any atom is 0.309 e. The van der Waals surface area contributed by atoms with Crippen LogP contribution in [0.25, 0.3) is 0 Å². The lowest BCUT2D eigenvalue weighted by Crippen LogP contribution is -2.41. The van der Waals surface area contributed by atoms with Gasteiger partial charge in [0, 0.05) is 24.2 Å². The number of carbonyl (C=O) groups is 2. The molecule has 2 heterocycles. The Bertz CT molecular complexity index is 1180. The summed E-state index contributed by atoms with van der Waals surface area (Å²) < 4.78 is 39.4. The number of hydrogen-bond acceptors (Lipinski definition) is 7. The fraction of sp³-hybridized carbons (Fsp3) is 0.375. The van der Waals surface area contributed by atoms with Crippen LogP contribution >= 0.6 is 0 Å². The number of esters is 1. The van der Waals surface area contributed by atoms with E-state index in [0.717, 1.165) is 0 Å². The van der Waals surface area contributed by atoms with Crippen molar-refractivity contribution < 1.29 is 27.5 Å². The number of likely N-dealkylation sites (tertiary alicyclic amines) is 1. The summed E-state index contributed by atoms with van der Waals surface area (Å²) in [7, 11) is -3.68. The maximum atomic E-state index is 12.7. The zero-order valence-corrected chi connectivity index (χ0v) is 19.4. The van der Waals surface area contributed by atoms with Gasteiger partial charge in [0.05, 0.1) is 12.5 Å². The summed E-state index contributed by atoms with van der Waals surface area (Å²) in [6.07, 6.45) is 0.0818. The lowest BCUT2D eigenvalue weighted by molar-refractivity contribution is -0.152. The number of Topliss-reactive ketones (excluding diaryl/α,β-unsaturated/α-hetero) is 1. The highest BCUT2D eigenvalue weighted by Gasteiger charge is 2.35. The van der Waals surface area contributed by atoms with Crippen LogP contribution in [0.4, 0.5) is 0 Å². The van der Waals surface area contributed by atoms with E-state index in [1.807, 2.05) is 11.8 Å². The lowest BCUT2D eigenvalue weighted by atomic mass is 9.96. The van der Waals surface area contributed by atoms with Crippen LogP contribution in [0.1, 0.15) is 42.6 Å². The molecule has 0 amide bonds. The summed E-state index contributed by atoms with van der Waals surface area (Å²) in [5, 5.41) is 0. The molecule has 0 aromatic heterocycles. The van der Waals surface area contributed by atoms with Gasteiger partial charge >= 0.3 is 5.97 Å². The third-order valence-electron chi connectivity index (χ3n) is 5.85. The Morgan fingerprint density at radius 3 is 2.42 bits per heavy atom. The van der Waals surface area contributed by atoms with Gasteiger partial charge in [0.2, 0.25) is 5.78 Å². The van der Waals surface area contributed by atoms with Gasteiger partial charge in [-0.3, -0.25) is 9.59 Å². The van der Waals surface area contributed by atoms with Crippen molar-refractivity contribution in [1.29, 1.82) is 0 Å². The highest BCUT2D eigenvalue weighted by atomic mass is 32.2. The minimum absolute atomic E-state index is 0.211. The van der Waals surface area contributed by atoms with E-state index in [0.29, 0.717) is 55.3 Å². The zero-order chi connectivity index (χ0) is 23.6. The third-order valence-corrected chi connectivity index (χ3v) is 7.18. The van der Waals surface area contributed by atoms with Crippen LogP contribution in [0.5, 0.6) is 5.75 Å². The summed E-state index contributed by atoms with van der Waals surface area (Å²) in [6, 6.07) is 13.5. The normalized spacial score (nSPS) is 18.2. The zero-order valence-electron chi connectivity index (χ0n) is 18.6. The maximum absolute atomic E-state index is 12.7. The van der Waals surface area contributed by atoms with Gasteiger partial charge in [-0.15, -0.1) is 4.40 Å². The molecule has 2 aliphatic rings. The molecule has 0 spiro atoms. The molecule has 2 aliphatic heterocycles. The monoisotopic (exact) mass is 470 g/mol. The van der Waals surface area contributed by atoms with Crippen LogP contribution in [0, 0.1) is 5.92 Å². The summed E-state index contributed by atoms with van der Waals surface area (Å²) in [6.45, 7) is 4.94. The molecule has 9 heteroatoms. The molecule has 174 valence electrons. The van der Waals surface area contributed by atoms with Gasteiger partial charge in [-0.25, -0.2) is 0 Å². The second-order valence-corrected chi connectivity index (χ2v) is 9.62. The fourth-order valence-corrected chi connectivity index (χ4v) is 5.31. The number of benzene rings is 2. The predicted octanol–water partition coefficient (Wildman–Crippen LogP) is 3.06. The number of amidine groups is 1. The Morgan fingerprint density at radius 1 is 1.09 bits per heavy atom. The van der Waals surface area contributed by atoms with Gasteiger partial charge < -0.3 is 14.4 Å². The number of hydrogen-bond donors (Lipinski definition) is 0. The topological polar surface area (TPSA) is 102 Å². The van der Waals surface area contributed by atoms with Crippen molar-refractivity contribution in [2.24, 2.45) is 10.3 Å². The fourth-order valence-electron chi connectivity index (χ4n) is 4.08. The van der Waals surface area contributed by atoms with E-state index in [4.69, 9.17) is 9.47 Å². The second-order valence-electron chi connectivity index (χ2n) is 8.05. The van der Waals surface area contributed by atoms with Crippen molar-refractivity contribution in [3.8, 4) is 5.75 Å². The van der Waals surface area contributed by atoms with Crippen molar-refractivity contribution in [1.82, 2.24) is 4.90 Å². The summed E-state index contributed by atoms with van der Waals surface area (Å²) >= 11 is 0. The van der Waals surface area contributed by atoms with Crippen molar-refractivity contribution in [2.45, 2.75) is 37.7 Å². The van der Waals surface area contributed by atoms with Gasteiger partial charge in [-0.1, -0.05) is 12.1 Å². The molecular weight excluding hydrogens is 444 g/mol. The van der Waals surface area contributed by atoms with Crippen LogP contribution < -0.4 is 4.74 Å². The SMILES string of the molecule is CCOc1ccc(C(=O)[C@H](C)OC(=O)C2CCN(C3=NS(=O)(=O)c4ccccc43)CC2)cc1. The molecule has 0 saturated carbocycles. The number of nitrogens with zero attached hydrogens (tertiary/aromatic N) is 2. The average Bonchev–Trinajstić information content (AvgIpc) is 3.10. The molecule has 8 nitrogen and oxygen atoms in total. The lowest BCUT2D eigenvalue weighted by Gasteiger charge is -2.32. The molecular formula is C24H26N2O6S. The molecule has 1 saturated heterocycles. The van der Waals surface area contributed by atoms with Crippen LogP contribution in [0.3, 0.4) is 0 Å². The van der Waals surface area contributed by atoms with E-state index in [-0.39, 0.29) is 16.6 Å². The Labute approximate surface area is 193 Å². The third kappa shape index (κ3) is 4.78. The number of sulfonamides is 1. The predicted molar refractivity (Wildman–Crippen MR) is 122 cm³/mol. The van der Waals surface area contributed by atoms with Crippen molar-refractivity contribution in [2.75, 3.05) is 19.7 Å². The van der Waals surface area contributed by atoms with Crippen molar-refractivity contribution in [3.05, 3.63) is 59.7 Å². The van der Waals surface area contributed by atoms with Crippen LogP contribution in [0.2, 0.25) is 0 Å². The van der Waals surface area contributed by atoms with E-state index in [1.54, 1.807) is 55.5 Å².